The second kappa shape index (κ2) is 8.35. The average Bonchev–Trinajstić information content (AvgIpc) is 2.40. The first-order chi connectivity index (χ1) is 9.52. The minimum atomic E-state index is -0.353. The topological polar surface area (TPSA) is 52.6 Å². The lowest BCUT2D eigenvalue weighted by molar-refractivity contribution is -0.137. The third-order valence-corrected chi connectivity index (χ3v) is 2.75. The van der Waals surface area contributed by atoms with Gasteiger partial charge in [-0.3, -0.25) is 9.59 Å². The second-order valence-corrected chi connectivity index (χ2v) is 5.03. The third-order valence-electron chi connectivity index (χ3n) is 2.75. The van der Waals surface area contributed by atoms with Crippen molar-refractivity contribution >= 4 is 11.9 Å². The quantitative estimate of drug-likeness (QED) is 0.563. The van der Waals surface area contributed by atoms with Crippen LogP contribution < -0.4 is 9.47 Å². The zero-order valence-electron chi connectivity index (χ0n) is 12.3. The van der Waals surface area contributed by atoms with Gasteiger partial charge in [0.15, 0.2) is 11.5 Å². The molecule has 4 nitrogen and oxygen atoms in total. The van der Waals surface area contributed by atoms with E-state index in [-0.39, 0.29) is 24.1 Å². The Labute approximate surface area is 120 Å². The normalized spacial score (nSPS) is 10.4. The summed E-state index contributed by atoms with van der Waals surface area (Å²) < 4.78 is 10.4. The van der Waals surface area contributed by atoms with Gasteiger partial charge in [-0.25, -0.2) is 0 Å². The first kappa shape index (κ1) is 16.2. The number of carbonyl (C=O) groups is 2. The maximum absolute atomic E-state index is 11.7. The number of esters is 2. The van der Waals surface area contributed by atoms with Crippen molar-refractivity contribution in [2.45, 2.75) is 46.5 Å². The lowest BCUT2D eigenvalue weighted by atomic mass is 10.1. The van der Waals surface area contributed by atoms with Crippen LogP contribution in [-0.2, 0) is 9.59 Å². The van der Waals surface area contributed by atoms with Gasteiger partial charge in [-0.2, -0.15) is 0 Å². The lowest BCUT2D eigenvalue weighted by Gasteiger charge is -2.10. The molecular weight excluding hydrogens is 256 g/mol. The molecule has 1 aromatic rings. The molecule has 0 amide bonds. The Balaban J connectivity index is 2.58. The molecule has 0 spiro atoms. The zero-order valence-corrected chi connectivity index (χ0v) is 12.3. The van der Waals surface area contributed by atoms with E-state index in [4.69, 9.17) is 9.47 Å². The number of hydrogen-bond acceptors (Lipinski definition) is 4. The maximum atomic E-state index is 11.7. The summed E-state index contributed by atoms with van der Waals surface area (Å²) in [4.78, 5) is 23.0. The molecule has 1 aromatic carbocycles. The summed E-state index contributed by atoms with van der Waals surface area (Å²) in [5, 5.41) is 0. The molecule has 0 aromatic heterocycles. The summed E-state index contributed by atoms with van der Waals surface area (Å²) in [6, 6.07) is 6.71. The Morgan fingerprint density at radius 1 is 1.05 bits per heavy atom. The van der Waals surface area contributed by atoms with Crippen molar-refractivity contribution in [1.29, 1.82) is 0 Å². The van der Waals surface area contributed by atoms with Crippen LogP contribution in [0.4, 0.5) is 0 Å². The lowest BCUT2D eigenvalue weighted by Crippen LogP contribution is -2.11. The Morgan fingerprint density at radius 2 is 1.60 bits per heavy atom. The van der Waals surface area contributed by atoms with Gasteiger partial charge in [0.25, 0.3) is 0 Å². The molecule has 0 fully saturated rings. The van der Waals surface area contributed by atoms with E-state index in [0.29, 0.717) is 18.1 Å². The number of para-hydroxylation sites is 2. The van der Waals surface area contributed by atoms with E-state index in [0.717, 1.165) is 12.8 Å². The highest BCUT2D eigenvalue weighted by molar-refractivity contribution is 5.75. The van der Waals surface area contributed by atoms with Crippen molar-refractivity contribution in [1.82, 2.24) is 0 Å². The zero-order chi connectivity index (χ0) is 15.0. The van der Waals surface area contributed by atoms with Crippen molar-refractivity contribution in [3.63, 3.8) is 0 Å². The van der Waals surface area contributed by atoms with E-state index in [9.17, 15) is 9.59 Å². The minimum Gasteiger partial charge on any atom is -0.423 e. The highest BCUT2D eigenvalue weighted by Gasteiger charge is 2.12. The third kappa shape index (κ3) is 5.87. The summed E-state index contributed by atoms with van der Waals surface area (Å²) >= 11 is 0. The maximum Gasteiger partial charge on any atom is 0.311 e. The van der Waals surface area contributed by atoms with Crippen molar-refractivity contribution in [2.75, 3.05) is 0 Å². The highest BCUT2D eigenvalue weighted by Crippen LogP contribution is 2.27. The van der Waals surface area contributed by atoms with E-state index in [2.05, 4.69) is 13.8 Å². The SMILES string of the molecule is CCC(=O)Oc1ccccc1OC(=O)CCCC(C)C. The molecular formula is C16H22O4. The van der Waals surface area contributed by atoms with E-state index in [1.165, 1.54) is 0 Å². The standard InChI is InChI=1S/C16H22O4/c1-4-15(17)19-13-9-5-6-10-14(13)20-16(18)11-7-8-12(2)3/h5-6,9-10,12H,4,7-8,11H2,1-3H3. The van der Waals surface area contributed by atoms with Crippen LogP contribution in [0.2, 0.25) is 0 Å². The van der Waals surface area contributed by atoms with Gasteiger partial charge in [-0.15, -0.1) is 0 Å². The summed E-state index contributed by atoms with van der Waals surface area (Å²) in [5.41, 5.74) is 0. The van der Waals surface area contributed by atoms with Crippen LogP contribution in [-0.4, -0.2) is 11.9 Å². The van der Waals surface area contributed by atoms with Crippen LogP contribution >= 0.6 is 0 Å². The second-order valence-electron chi connectivity index (χ2n) is 5.03. The summed E-state index contributed by atoms with van der Waals surface area (Å²) in [6.07, 6.45) is 2.43. The van der Waals surface area contributed by atoms with Gasteiger partial charge in [0.05, 0.1) is 0 Å². The Hall–Kier alpha value is -1.84. The number of carbonyl (C=O) groups excluding carboxylic acids is 2. The van der Waals surface area contributed by atoms with Crippen molar-refractivity contribution in [3.05, 3.63) is 24.3 Å². The number of hydrogen-bond donors (Lipinski definition) is 0. The van der Waals surface area contributed by atoms with Crippen LogP contribution in [0.1, 0.15) is 46.5 Å². The molecule has 0 aliphatic rings. The molecule has 20 heavy (non-hydrogen) atoms. The predicted molar refractivity (Wildman–Crippen MR) is 76.7 cm³/mol. The fourth-order valence-electron chi connectivity index (χ4n) is 1.64. The molecule has 0 bridgehead atoms. The average molecular weight is 278 g/mol. The van der Waals surface area contributed by atoms with E-state index < -0.39 is 0 Å². The van der Waals surface area contributed by atoms with E-state index in [1.54, 1.807) is 31.2 Å². The minimum absolute atomic E-state index is 0.274. The van der Waals surface area contributed by atoms with Crippen LogP contribution in [0.25, 0.3) is 0 Å². The number of rotatable bonds is 7. The molecule has 0 N–H and O–H groups in total. The van der Waals surface area contributed by atoms with Crippen LogP contribution in [0.15, 0.2) is 24.3 Å². The van der Waals surface area contributed by atoms with E-state index >= 15 is 0 Å². The molecule has 0 saturated carbocycles. The summed E-state index contributed by atoms with van der Waals surface area (Å²) in [5.74, 6) is 0.500. The molecule has 0 saturated heterocycles. The van der Waals surface area contributed by atoms with Gasteiger partial charge in [0.2, 0.25) is 0 Å². The monoisotopic (exact) mass is 278 g/mol. The van der Waals surface area contributed by atoms with Crippen LogP contribution in [0, 0.1) is 5.92 Å². The fraction of sp³-hybridized carbons (Fsp3) is 0.500. The molecule has 1 rings (SSSR count). The smallest absolute Gasteiger partial charge is 0.311 e. The Kier molecular flexibility index (Phi) is 6.77. The highest BCUT2D eigenvalue weighted by atomic mass is 16.6. The first-order valence-electron chi connectivity index (χ1n) is 7.03. The predicted octanol–water partition coefficient (Wildman–Crippen LogP) is 3.73. The van der Waals surface area contributed by atoms with Gasteiger partial charge in [0.1, 0.15) is 0 Å². The molecule has 4 heteroatoms. The first-order valence-corrected chi connectivity index (χ1v) is 7.03. The summed E-state index contributed by atoms with van der Waals surface area (Å²) in [6.45, 7) is 5.94. The Bertz CT molecular complexity index is 452. The number of benzene rings is 1. The summed E-state index contributed by atoms with van der Waals surface area (Å²) in [7, 11) is 0. The fourth-order valence-corrected chi connectivity index (χ4v) is 1.64. The van der Waals surface area contributed by atoms with Crippen LogP contribution in [0.5, 0.6) is 11.5 Å². The molecule has 0 radical (unpaired) electrons. The molecule has 0 unspecified atom stereocenters. The van der Waals surface area contributed by atoms with Crippen molar-refractivity contribution in [3.8, 4) is 11.5 Å². The largest absolute Gasteiger partial charge is 0.423 e. The van der Waals surface area contributed by atoms with E-state index in [1.807, 2.05) is 0 Å². The van der Waals surface area contributed by atoms with Gasteiger partial charge in [0, 0.05) is 12.8 Å². The van der Waals surface area contributed by atoms with Gasteiger partial charge in [-0.05, 0) is 24.5 Å². The Morgan fingerprint density at radius 3 is 2.10 bits per heavy atom. The molecule has 0 heterocycles. The molecule has 110 valence electrons. The molecule has 0 atom stereocenters. The molecule has 0 aliphatic heterocycles. The van der Waals surface area contributed by atoms with Gasteiger partial charge in [-0.1, -0.05) is 39.3 Å². The van der Waals surface area contributed by atoms with Crippen molar-refractivity contribution < 1.29 is 19.1 Å². The molecule has 0 aliphatic carbocycles. The van der Waals surface area contributed by atoms with Gasteiger partial charge < -0.3 is 9.47 Å². The van der Waals surface area contributed by atoms with Gasteiger partial charge >= 0.3 is 11.9 Å². The number of ether oxygens (including phenoxy) is 2. The van der Waals surface area contributed by atoms with Crippen LogP contribution in [0.3, 0.4) is 0 Å². The van der Waals surface area contributed by atoms with Crippen molar-refractivity contribution in [2.24, 2.45) is 5.92 Å².